The number of amides is 3. The SMILES string of the molecule is Cc1nc(-c2ccccc2)ccc1C(=O)OC(C)C(=O)NC(=O)Nc1ccccc1. The standard InChI is InChI=1S/C23H21N3O4/c1-15-19(13-14-20(24-15)17-9-5-3-6-10-17)22(28)30-16(2)21(27)26-23(29)25-18-11-7-4-8-12-18/h3-14,16H,1-2H3,(H2,25,26,27,29). The zero-order valence-corrected chi connectivity index (χ0v) is 16.6. The number of carbonyl (C=O) groups excluding carboxylic acids is 3. The number of aromatic nitrogens is 1. The second-order valence-electron chi connectivity index (χ2n) is 6.55. The first-order chi connectivity index (χ1) is 14.4. The van der Waals surface area contributed by atoms with Crippen LogP contribution in [0.15, 0.2) is 72.8 Å². The van der Waals surface area contributed by atoms with E-state index in [0.717, 1.165) is 11.3 Å². The number of carbonyl (C=O) groups is 3. The lowest BCUT2D eigenvalue weighted by atomic mass is 10.1. The lowest BCUT2D eigenvalue weighted by molar-refractivity contribution is -0.127. The van der Waals surface area contributed by atoms with E-state index in [1.54, 1.807) is 49.4 Å². The number of imide groups is 1. The molecule has 0 fully saturated rings. The van der Waals surface area contributed by atoms with Gasteiger partial charge in [-0.1, -0.05) is 48.5 Å². The Bertz CT molecular complexity index is 1050. The minimum Gasteiger partial charge on any atom is -0.449 e. The summed E-state index contributed by atoms with van der Waals surface area (Å²) in [7, 11) is 0. The number of pyridine rings is 1. The number of para-hydroxylation sites is 1. The van der Waals surface area contributed by atoms with Crippen molar-refractivity contribution in [2.45, 2.75) is 20.0 Å². The molecular formula is C23H21N3O4. The van der Waals surface area contributed by atoms with Gasteiger partial charge in [-0.2, -0.15) is 0 Å². The molecule has 152 valence electrons. The van der Waals surface area contributed by atoms with E-state index in [2.05, 4.69) is 15.6 Å². The van der Waals surface area contributed by atoms with Crippen LogP contribution >= 0.6 is 0 Å². The van der Waals surface area contributed by atoms with E-state index < -0.39 is 24.0 Å². The van der Waals surface area contributed by atoms with Crippen LogP contribution in [0.5, 0.6) is 0 Å². The van der Waals surface area contributed by atoms with Crippen LogP contribution in [0.4, 0.5) is 10.5 Å². The molecule has 0 aliphatic rings. The topological polar surface area (TPSA) is 97.4 Å². The smallest absolute Gasteiger partial charge is 0.340 e. The molecule has 1 unspecified atom stereocenters. The second-order valence-corrected chi connectivity index (χ2v) is 6.55. The monoisotopic (exact) mass is 403 g/mol. The number of nitrogens with zero attached hydrogens (tertiary/aromatic N) is 1. The molecule has 7 heteroatoms. The van der Waals surface area contributed by atoms with Crippen molar-refractivity contribution in [3.63, 3.8) is 0 Å². The Labute approximate surface area is 174 Å². The van der Waals surface area contributed by atoms with Crippen LogP contribution in [0.3, 0.4) is 0 Å². The summed E-state index contributed by atoms with van der Waals surface area (Å²) in [6.07, 6.45) is -1.16. The normalized spacial score (nSPS) is 11.3. The fourth-order valence-electron chi connectivity index (χ4n) is 2.72. The molecular weight excluding hydrogens is 382 g/mol. The third-order valence-corrected chi connectivity index (χ3v) is 4.30. The summed E-state index contributed by atoms with van der Waals surface area (Å²) in [6.45, 7) is 3.09. The average Bonchev–Trinajstić information content (AvgIpc) is 2.74. The molecule has 2 aromatic carbocycles. The van der Waals surface area contributed by atoms with Crippen molar-refractivity contribution >= 4 is 23.6 Å². The van der Waals surface area contributed by atoms with Crippen molar-refractivity contribution in [1.29, 1.82) is 0 Å². The van der Waals surface area contributed by atoms with Gasteiger partial charge in [0.05, 0.1) is 17.0 Å². The molecule has 3 amide bonds. The predicted molar refractivity (Wildman–Crippen MR) is 113 cm³/mol. The summed E-state index contributed by atoms with van der Waals surface area (Å²) in [4.78, 5) is 41.0. The largest absolute Gasteiger partial charge is 0.449 e. The van der Waals surface area contributed by atoms with Crippen LogP contribution in [-0.2, 0) is 9.53 Å². The highest BCUT2D eigenvalue weighted by atomic mass is 16.5. The van der Waals surface area contributed by atoms with E-state index in [0.29, 0.717) is 11.4 Å². The molecule has 1 heterocycles. The highest BCUT2D eigenvalue weighted by Crippen LogP contribution is 2.19. The van der Waals surface area contributed by atoms with E-state index in [9.17, 15) is 14.4 Å². The Kier molecular flexibility index (Phi) is 6.54. The first kappa shape index (κ1) is 20.7. The third kappa shape index (κ3) is 5.29. The number of ether oxygens (including phenoxy) is 1. The molecule has 3 aromatic rings. The van der Waals surface area contributed by atoms with Crippen LogP contribution < -0.4 is 10.6 Å². The Balaban J connectivity index is 1.59. The summed E-state index contributed by atoms with van der Waals surface area (Å²) < 4.78 is 5.20. The van der Waals surface area contributed by atoms with E-state index in [-0.39, 0.29) is 5.56 Å². The minimum absolute atomic E-state index is 0.253. The van der Waals surface area contributed by atoms with Crippen LogP contribution in [0, 0.1) is 6.92 Å². The zero-order chi connectivity index (χ0) is 21.5. The van der Waals surface area contributed by atoms with Crippen molar-refractivity contribution in [2.24, 2.45) is 0 Å². The first-order valence-electron chi connectivity index (χ1n) is 9.35. The quantitative estimate of drug-likeness (QED) is 0.629. The van der Waals surface area contributed by atoms with Gasteiger partial charge in [-0.05, 0) is 38.1 Å². The molecule has 1 atom stereocenters. The van der Waals surface area contributed by atoms with Gasteiger partial charge in [0.25, 0.3) is 5.91 Å². The molecule has 3 rings (SSSR count). The number of benzene rings is 2. The van der Waals surface area contributed by atoms with Crippen LogP contribution in [0.25, 0.3) is 11.3 Å². The molecule has 0 spiro atoms. The van der Waals surface area contributed by atoms with Crippen molar-refractivity contribution in [3.8, 4) is 11.3 Å². The van der Waals surface area contributed by atoms with Crippen molar-refractivity contribution < 1.29 is 19.1 Å². The average molecular weight is 403 g/mol. The summed E-state index contributed by atoms with van der Waals surface area (Å²) in [5.74, 6) is -1.42. The van der Waals surface area contributed by atoms with Gasteiger partial charge in [0.2, 0.25) is 0 Å². The van der Waals surface area contributed by atoms with E-state index in [1.807, 2.05) is 30.3 Å². The summed E-state index contributed by atoms with van der Waals surface area (Å²) in [6, 6.07) is 20.9. The molecule has 2 N–H and O–H groups in total. The van der Waals surface area contributed by atoms with Crippen LogP contribution in [0.2, 0.25) is 0 Å². The maximum atomic E-state index is 12.5. The van der Waals surface area contributed by atoms with E-state index >= 15 is 0 Å². The van der Waals surface area contributed by atoms with E-state index in [4.69, 9.17) is 4.74 Å². The Morgan fingerprint density at radius 3 is 2.17 bits per heavy atom. The highest BCUT2D eigenvalue weighted by Gasteiger charge is 2.22. The highest BCUT2D eigenvalue weighted by molar-refractivity contribution is 6.03. The number of esters is 1. The second kappa shape index (κ2) is 9.47. The van der Waals surface area contributed by atoms with Crippen LogP contribution in [0.1, 0.15) is 23.0 Å². The predicted octanol–water partition coefficient (Wildman–Crippen LogP) is 3.95. The molecule has 0 radical (unpaired) electrons. The summed E-state index contributed by atoms with van der Waals surface area (Å²) in [5.41, 5.74) is 2.93. The van der Waals surface area contributed by atoms with Crippen molar-refractivity contribution in [3.05, 3.63) is 84.1 Å². The molecule has 30 heavy (non-hydrogen) atoms. The molecule has 0 saturated carbocycles. The van der Waals surface area contributed by atoms with Gasteiger partial charge < -0.3 is 10.1 Å². The number of rotatable bonds is 5. The van der Waals surface area contributed by atoms with Gasteiger partial charge in [0, 0.05) is 11.3 Å². The number of urea groups is 1. The molecule has 7 nitrogen and oxygen atoms in total. The number of hydrogen-bond acceptors (Lipinski definition) is 5. The fourth-order valence-corrected chi connectivity index (χ4v) is 2.72. The third-order valence-electron chi connectivity index (χ3n) is 4.30. The summed E-state index contributed by atoms with van der Waals surface area (Å²) in [5, 5.41) is 4.67. The maximum Gasteiger partial charge on any atom is 0.340 e. The Hall–Kier alpha value is -4.00. The van der Waals surface area contributed by atoms with Gasteiger partial charge in [-0.25, -0.2) is 9.59 Å². The molecule has 0 aliphatic carbocycles. The molecule has 0 saturated heterocycles. The molecule has 0 bridgehead atoms. The lowest BCUT2D eigenvalue weighted by Gasteiger charge is -2.14. The number of nitrogens with one attached hydrogen (secondary N) is 2. The van der Waals surface area contributed by atoms with Gasteiger partial charge in [0.1, 0.15) is 0 Å². The van der Waals surface area contributed by atoms with Gasteiger partial charge in [-0.3, -0.25) is 15.1 Å². The van der Waals surface area contributed by atoms with Crippen LogP contribution in [-0.4, -0.2) is 29.0 Å². The van der Waals surface area contributed by atoms with Crippen molar-refractivity contribution in [2.75, 3.05) is 5.32 Å². The van der Waals surface area contributed by atoms with Gasteiger partial charge in [0.15, 0.2) is 6.10 Å². The number of aryl methyl sites for hydroxylation is 1. The van der Waals surface area contributed by atoms with Gasteiger partial charge >= 0.3 is 12.0 Å². The van der Waals surface area contributed by atoms with Crippen molar-refractivity contribution in [1.82, 2.24) is 10.3 Å². The Morgan fingerprint density at radius 2 is 1.53 bits per heavy atom. The lowest BCUT2D eigenvalue weighted by Crippen LogP contribution is -2.41. The summed E-state index contributed by atoms with van der Waals surface area (Å²) >= 11 is 0. The first-order valence-corrected chi connectivity index (χ1v) is 9.35. The van der Waals surface area contributed by atoms with Gasteiger partial charge in [-0.15, -0.1) is 0 Å². The number of hydrogen-bond donors (Lipinski definition) is 2. The Morgan fingerprint density at radius 1 is 0.900 bits per heavy atom. The molecule has 0 aliphatic heterocycles. The molecule has 1 aromatic heterocycles. The number of anilines is 1. The minimum atomic E-state index is -1.16. The zero-order valence-electron chi connectivity index (χ0n) is 16.6. The van der Waals surface area contributed by atoms with E-state index in [1.165, 1.54) is 6.92 Å². The maximum absolute atomic E-state index is 12.5. The fraction of sp³-hybridized carbons (Fsp3) is 0.130.